The van der Waals surface area contributed by atoms with Gasteiger partial charge in [0.1, 0.15) is 5.75 Å². The van der Waals surface area contributed by atoms with Gasteiger partial charge in [-0.05, 0) is 81.4 Å². The number of hydrogen-bond donors (Lipinski definition) is 3. The number of carbonyl (C=O) groups is 1. The van der Waals surface area contributed by atoms with Gasteiger partial charge < -0.3 is 15.5 Å². The van der Waals surface area contributed by atoms with Crippen LogP contribution in [0.5, 0.6) is 5.75 Å². The summed E-state index contributed by atoms with van der Waals surface area (Å²) in [6.45, 7) is 3.81. The van der Waals surface area contributed by atoms with Crippen molar-refractivity contribution in [1.29, 1.82) is 0 Å². The Morgan fingerprint density at radius 1 is 1.21 bits per heavy atom. The molecular weight excluding hydrogens is 302 g/mol. The molecule has 4 aliphatic carbocycles. The summed E-state index contributed by atoms with van der Waals surface area (Å²) in [6.07, 6.45) is 4.89. The first kappa shape index (κ1) is 15.9. The molecule has 1 amide bonds. The number of aromatic hydroxyl groups is 1. The SMILES string of the molecule is CC(C)(C(=O)NC1[C@@H]2CC3C[C@H]1CC(O)(C3)C2)c1cccc(O)c1. The molecule has 0 radical (unpaired) electrons. The van der Waals surface area contributed by atoms with Gasteiger partial charge in [0.25, 0.3) is 0 Å². The highest BCUT2D eigenvalue weighted by Gasteiger charge is 2.55. The van der Waals surface area contributed by atoms with Crippen molar-refractivity contribution in [2.75, 3.05) is 0 Å². The van der Waals surface area contributed by atoms with Crippen molar-refractivity contribution in [3.8, 4) is 5.75 Å². The fourth-order valence-electron chi connectivity index (χ4n) is 5.57. The van der Waals surface area contributed by atoms with Crippen molar-refractivity contribution in [3.63, 3.8) is 0 Å². The maximum absolute atomic E-state index is 13.0. The molecule has 4 heteroatoms. The molecule has 3 unspecified atom stereocenters. The average molecular weight is 329 g/mol. The summed E-state index contributed by atoms with van der Waals surface area (Å²) in [7, 11) is 0. The van der Waals surface area contributed by atoms with Gasteiger partial charge in [-0.15, -0.1) is 0 Å². The number of carbonyl (C=O) groups excluding carboxylic acids is 1. The van der Waals surface area contributed by atoms with E-state index in [1.54, 1.807) is 18.2 Å². The molecule has 4 fully saturated rings. The molecule has 4 saturated carbocycles. The van der Waals surface area contributed by atoms with Gasteiger partial charge in [-0.2, -0.15) is 0 Å². The molecule has 5 rings (SSSR count). The van der Waals surface area contributed by atoms with E-state index in [-0.39, 0.29) is 17.7 Å². The molecule has 3 N–H and O–H groups in total. The van der Waals surface area contributed by atoms with E-state index in [4.69, 9.17) is 0 Å². The Kier molecular flexibility index (Phi) is 3.47. The van der Waals surface area contributed by atoms with E-state index >= 15 is 0 Å². The Morgan fingerprint density at radius 3 is 2.46 bits per heavy atom. The Morgan fingerprint density at radius 2 is 1.88 bits per heavy atom. The van der Waals surface area contributed by atoms with Gasteiger partial charge in [-0.3, -0.25) is 4.79 Å². The molecule has 4 nitrogen and oxygen atoms in total. The van der Waals surface area contributed by atoms with Crippen molar-refractivity contribution in [1.82, 2.24) is 5.32 Å². The molecule has 0 spiro atoms. The molecule has 0 heterocycles. The second-order valence-electron chi connectivity index (χ2n) is 8.87. The maximum Gasteiger partial charge on any atom is 0.230 e. The standard InChI is InChI=1S/C20H27NO3/c1-19(2,15-4-3-5-16(22)8-15)18(23)21-17-13-6-12-7-14(17)11-20(24,9-12)10-13/h3-5,8,12-14,17,22,24H,6-7,9-11H2,1-2H3,(H,21,23)/t12?,13-,14+,17?,20?. The molecule has 130 valence electrons. The third-order valence-corrected chi connectivity index (χ3v) is 6.67. The highest BCUT2D eigenvalue weighted by atomic mass is 16.3. The molecule has 1 aromatic rings. The van der Waals surface area contributed by atoms with Crippen molar-refractivity contribution in [2.45, 2.75) is 63.0 Å². The molecule has 5 atom stereocenters. The molecule has 4 bridgehead atoms. The Balaban J connectivity index is 1.52. The van der Waals surface area contributed by atoms with E-state index in [1.165, 1.54) is 0 Å². The first-order valence-corrected chi connectivity index (χ1v) is 9.10. The Bertz CT molecular complexity index is 653. The van der Waals surface area contributed by atoms with Crippen LogP contribution in [0.15, 0.2) is 24.3 Å². The lowest BCUT2D eigenvalue weighted by Crippen LogP contribution is -2.62. The zero-order chi connectivity index (χ0) is 17.1. The summed E-state index contributed by atoms with van der Waals surface area (Å²) in [6, 6.07) is 7.14. The van der Waals surface area contributed by atoms with Crippen LogP contribution in [0, 0.1) is 17.8 Å². The normalized spacial score (nSPS) is 37.5. The molecule has 24 heavy (non-hydrogen) atoms. The van der Waals surface area contributed by atoms with Gasteiger partial charge in [0.2, 0.25) is 5.91 Å². The molecule has 0 aromatic heterocycles. The van der Waals surface area contributed by atoms with Gasteiger partial charge in [0.05, 0.1) is 11.0 Å². The number of benzene rings is 1. The van der Waals surface area contributed by atoms with Crippen molar-refractivity contribution < 1.29 is 15.0 Å². The number of hydrogen-bond acceptors (Lipinski definition) is 3. The minimum absolute atomic E-state index is 0.0116. The van der Waals surface area contributed by atoms with E-state index in [9.17, 15) is 15.0 Å². The van der Waals surface area contributed by atoms with Crippen LogP contribution in [0.2, 0.25) is 0 Å². The predicted molar refractivity (Wildman–Crippen MR) is 91.6 cm³/mol. The Hall–Kier alpha value is -1.55. The highest BCUT2D eigenvalue weighted by molar-refractivity contribution is 5.87. The first-order chi connectivity index (χ1) is 11.3. The van der Waals surface area contributed by atoms with Crippen LogP contribution in [-0.2, 0) is 10.2 Å². The molecule has 1 aromatic carbocycles. The summed E-state index contributed by atoms with van der Waals surface area (Å²) in [5.74, 6) is 1.65. The molecule has 0 aliphatic heterocycles. The Labute approximate surface area is 143 Å². The van der Waals surface area contributed by atoms with Gasteiger partial charge in [0.15, 0.2) is 0 Å². The lowest BCUT2D eigenvalue weighted by Gasteiger charge is -2.58. The predicted octanol–water partition coefficient (Wildman–Crippen LogP) is 2.73. The number of nitrogens with one attached hydrogen (secondary N) is 1. The fourth-order valence-corrected chi connectivity index (χ4v) is 5.57. The van der Waals surface area contributed by atoms with Gasteiger partial charge in [-0.1, -0.05) is 12.1 Å². The number of rotatable bonds is 3. The van der Waals surface area contributed by atoms with E-state index in [0.29, 0.717) is 17.8 Å². The van der Waals surface area contributed by atoms with Crippen molar-refractivity contribution in [3.05, 3.63) is 29.8 Å². The summed E-state index contributed by atoms with van der Waals surface area (Å²) >= 11 is 0. The summed E-state index contributed by atoms with van der Waals surface area (Å²) < 4.78 is 0. The number of phenolic OH excluding ortho intramolecular Hbond substituents is 1. The van der Waals surface area contributed by atoms with E-state index in [2.05, 4.69) is 5.32 Å². The topological polar surface area (TPSA) is 69.6 Å². The number of phenols is 1. The lowest BCUT2D eigenvalue weighted by atomic mass is 9.52. The highest BCUT2D eigenvalue weighted by Crippen LogP contribution is 2.55. The van der Waals surface area contributed by atoms with E-state index < -0.39 is 11.0 Å². The average Bonchev–Trinajstić information content (AvgIpc) is 2.49. The van der Waals surface area contributed by atoms with Crippen LogP contribution in [0.3, 0.4) is 0 Å². The number of amides is 1. The van der Waals surface area contributed by atoms with Gasteiger partial charge in [-0.25, -0.2) is 0 Å². The number of aliphatic hydroxyl groups is 1. The lowest BCUT2D eigenvalue weighted by molar-refractivity contribution is -0.148. The smallest absolute Gasteiger partial charge is 0.230 e. The minimum Gasteiger partial charge on any atom is -0.508 e. The van der Waals surface area contributed by atoms with Crippen LogP contribution in [0.4, 0.5) is 0 Å². The monoisotopic (exact) mass is 329 g/mol. The summed E-state index contributed by atoms with van der Waals surface area (Å²) in [5, 5.41) is 23.7. The largest absolute Gasteiger partial charge is 0.508 e. The summed E-state index contributed by atoms with van der Waals surface area (Å²) in [5.41, 5.74) is -0.342. The second-order valence-corrected chi connectivity index (χ2v) is 8.87. The van der Waals surface area contributed by atoms with Gasteiger partial charge >= 0.3 is 0 Å². The maximum atomic E-state index is 13.0. The third-order valence-electron chi connectivity index (χ3n) is 6.67. The first-order valence-electron chi connectivity index (χ1n) is 9.10. The van der Waals surface area contributed by atoms with Crippen LogP contribution in [-0.4, -0.2) is 27.8 Å². The van der Waals surface area contributed by atoms with Crippen LogP contribution in [0.25, 0.3) is 0 Å². The van der Waals surface area contributed by atoms with Crippen LogP contribution >= 0.6 is 0 Å². The zero-order valence-electron chi connectivity index (χ0n) is 14.5. The third kappa shape index (κ3) is 2.52. The molecule has 4 aliphatic rings. The molecule has 0 saturated heterocycles. The molecular formula is C20H27NO3. The van der Waals surface area contributed by atoms with Crippen LogP contribution < -0.4 is 5.32 Å². The van der Waals surface area contributed by atoms with Crippen molar-refractivity contribution in [2.24, 2.45) is 17.8 Å². The van der Waals surface area contributed by atoms with E-state index in [0.717, 1.165) is 37.7 Å². The van der Waals surface area contributed by atoms with E-state index in [1.807, 2.05) is 19.9 Å². The second kappa shape index (κ2) is 5.22. The quantitative estimate of drug-likeness (QED) is 0.798. The van der Waals surface area contributed by atoms with Crippen molar-refractivity contribution >= 4 is 5.91 Å². The zero-order valence-corrected chi connectivity index (χ0v) is 14.5. The minimum atomic E-state index is -0.690. The van der Waals surface area contributed by atoms with Crippen LogP contribution in [0.1, 0.15) is 51.5 Å². The fraction of sp³-hybridized carbons (Fsp3) is 0.650. The van der Waals surface area contributed by atoms with Gasteiger partial charge in [0, 0.05) is 6.04 Å². The summed E-state index contributed by atoms with van der Waals surface area (Å²) in [4.78, 5) is 13.0.